The molecule has 2 aromatic carbocycles. The number of carbonyl (C=O) groups excluding carboxylic acids is 2. The number of methoxy groups -OCH3 is 1. The van der Waals surface area contributed by atoms with Gasteiger partial charge in [-0.05, 0) is 81.2 Å². The SMILES string of the molecule is COc1ccc2c(c1)C1CN(C(C)CN(C)C)CC1(C(=O)N(C)C)Cn1c-2c(C2CCCCC2)c2ccc(C(=O)NS(=O)(=O)N(C)C)cc21. The third-order valence-electron chi connectivity index (χ3n) is 11.1. The topological polar surface area (TPSA) is 107 Å². The maximum absolute atomic E-state index is 14.8. The normalized spacial score (nSPS) is 22.0. The first-order valence-electron chi connectivity index (χ1n) is 17.4. The van der Waals surface area contributed by atoms with Gasteiger partial charge in [-0.3, -0.25) is 14.5 Å². The van der Waals surface area contributed by atoms with Gasteiger partial charge in [0.05, 0.1) is 18.2 Å². The average molecular weight is 693 g/mol. The Labute approximate surface area is 291 Å². The van der Waals surface area contributed by atoms with E-state index in [4.69, 9.17) is 4.74 Å². The van der Waals surface area contributed by atoms with Crippen LogP contribution < -0.4 is 9.46 Å². The number of nitrogens with one attached hydrogen (secondary N) is 1. The molecule has 266 valence electrons. The lowest BCUT2D eigenvalue weighted by atomic mass is 9.72. The Morgan fingerprint density at radius 1 is 1.00 bits per heavy atom. The third kappa shape index (κ3) is 6.26. The number of aromatic nitrogens is 1. The van der Waals surface area contributed by atoms with Gasteiger partial charge in [0.25, 0.3) is 5.91 Å². The highest BCUT2D eigenvalue weighted by molar-refractivity contribution is 7.87. The van der Waals surface area contributed by atoms with Gasteiger partial charge in [0.15, 0.2) is 0 Å². The summed E-state index contributed by atoms with van der Waals surface area (Å²) in [5.74, 6) is 0.361. The van der Waals surface area contributed by atoms with Crippen molar-refractivity contribution in [3.63, 3.8) is 0 Å². The lowest BCUT2D eigenvalue weighted by Gasteiger charge is -2.36. The molecule has 3 aromatic rings. The quantitative estimate of drug-likeness (QED) is 0.356. The molecule has 3 unspecified atom stereocenters. The highest BCUT2D eigenvalue weighted by Gasteiger charge is 2.56. The van der Waals surface area contributed by atoms with Crippen LogP contribution in [0.5, 0.6) is 5.75 Å². The molecule has 11 nitrogen and oxygen atoms in total. The summed E-state index contributed by atoms with van der Waals surface area (Å²) in [6.45, 7) is 4.83. The molecule has 3 heterocycles. The fourth-order valence-corrected chi connectivity index (χ4v) is 9.24. The van der Waals surface area contributed by atoms with Crippen molar-refractivity contribution >= 4 is 32.9 Å². The Balaban J connectivity index is 1.64. The number of benzene rings is 2. The van der Waals surface area contributed by atoms with Crippen molar-refractivity contribution in [2.75, 3.05) is 69.0 Å². The van der Waals surface area contributed by atoms with Crippen molar-refractivity contribution < 1.29 is 22.7 Å². The molecular weight excluding hydrogens is 641 g/mol. The monoisotopic (exact) mass is 692 g/mol. The number of hydrogen-bond acceptors (Lipinski definition) is 7. The fourth-order valence-electron chi connectivity index (χ4n) is 8.71. The predicted molar refractivity (Wildman–Crippen MR) is 193 cm³/mol. The van der Waals surface area contributed by atoms with E-state index in [-0.39, 0.29) is 23.4 Å². The molecule has 1 saturated heterocycles. The molecule has 2 aliphatic heterocycles. The highest BCUT2D eigenvalue weighted by Crippen LogP contribution is 2.55. The van der Waals surface area contributed by atoms with Crippen molar-refractivity contribution in [1.29, 1.82) is 0 Å². The molecule has 1 saturated carbocycles. The van der Waals surface area contributed by atoms with Crippen LogP contribution in [-0.4, -0.2) is 119 Å². The van der Waals surface area contributed by atoms with Gasteiger partial charge in [0.2, 0.25) is 5.91 Å². The molecule has 1 aromatic heterocycles. The number of rotatable bonds is 9. The van der Waals surface area contributed by atoms with Gasteiger partial charge in [-0.2, -0.15) is 12.7 Å². The maximum Gasteiger partial charge on any atom is 0.303 e. The Hall–Kier alpha value is -3.45. The van der Waals surface area contributed by atoms with E-state index < -0.39 is 21.5 Å². The number of hydrogen-bond donors (Lipinski definition) is 1. The number of likely N-dealkylation sites (N-methyl/N-ethyl adjacent to an activating group) is 1. The van der Waals surface area contributed by atoms with Gasteiger partial charge >= 0.3 is 10.2 Å². The number of likely N-dealkylation sites (tertiary alicyclic amines) is 1. The van der Waals surface area contributed by atoms with E-state index in [1.165, 1.54) is 26.1 Å². The molecule has 49 heavy (non-hydrogen) atoms. The highest BCUT2D eigenvalue weighted by atomic mass is 32.2. The summed E-state index contributed by atoms with van der Waals surface area (Å²) in [4.78, 5) is 34.6. The first-order chi connectivity index (χ1) is 23.2. The smallest absolute Gasteiger partial charge is 0.303 e. The molecule has 0 radical (unpaired) electrons. The van der Waals surface area contributed by atoms with E-state index >= 15 is 0 Å². The lowest BCUT2D eigenvalue weighted by Crippen LogP contribution is -2.48. The second-order valence-electron chi connectivity index (χ2n) is 15.0. The van der Waals surface area contributed by atoms with E-state index in [1.54, 1.807) is 18.1 Å². The van der Waals surface area contributed by atoms with Crippen LogP contribution >= 0.6 is 0 Å². The number of carbonyl (C=O) groups is 2. The van der Waals surface area contributed by atoms with Crippen molar-refractivity contribution in [2.45, 2.75) is 63.5 Å². The molecule has 3 atom stereocenters. The van der Waals surface area contributed by atoms with E-state index in [2.05, 4.69) is 52.2 Å². The van der Waals surface area contributed by atoms with E-state index in [0.717, 1.165) is 76.6 Å². The van der Waals surface area contributed by atoms with Gasteiger partial charge in [-0.1, -0.05) is 25.3 Å². The molecule has 3 aliphatic rings. The van der Waals surface area contributed by atoms with Crippen LogP contribution in [0.25, 0.3) is 22.2 Å². The van der Waals surface area contributed by atoms with Gasteiger partial charge in [-0.15, -0.1) is 0 Å². The fraction of sp³-hybridized carbons (Fsp3) is 0.568. The average Bonchev–Trinajstić information content (AvgIpc) is 3.57. The molecule has 2 fully saturated rings. The zero-order chi connectivity index (χ0) is 35.4. The van der Waals surface area contributed by atoms with Crippen molar-refractivity contribution in [2.24, 2.45) is 5.41 Å². The van der Waals surface area contributed by atoms with Crippen LogP contribution in [0.15, 0.2) is 36.4 Å². The second kappa shape index (κ2) is 13.4. The van der Waals surface area contributed by atoms with Crippen molar-refractivity contribution in [3.8, 4) is 17.0 Å². The third-order valence-corrected chi connectivity index (χ3v) is 12.5. The Morgan fingerprint density at radius 3 is 2.35 bits per heavy atom. The Kier molecular flexibility index (Phi) is 9.64. The van der Waals surface area contributed by atoms with Crippen LogP contribution in [0.4, 0.5) is 0 Å². The van der Waals surface area contributed by atoms with Crippen LogP contribution in [0.2, 0.25) is 0 Å². The Bertz CT molecular complexity index is 1860. The minimum absolute atomic E-state index is 0.0747. The van der Waals surface area contributed by atoms with E-state index in [1.807, 2.05) is 32.3 Å². The largest absolute Gasteiger partial charge is 0.497 e. The second-order valence-corrected chi connectivity index (χ2v) is 16.9. The summed E-state index contributed by atoms with van der Waals surface area (Å²) in [6, 6.07) is 12.1. The zero-order valence-corrected chi connectivity index (χ0v) is 31.1. The summed E-state index contributed by atoms with van der Waals surface area (Å²) in [5.41, 5.74) is 4.87. The van der Waals surface area contributed by atoms with Crippen LogP contribution in [0.1, 0.15) is 72.3 Å². The van der Waals surface area contributed by atoms with E-state index in [0.29, 0.717) is 19.0 Å². The van der Waals surface area contributed by atoms with Crippen molar-refractivity contribution in [1.82, 2.24) is 28.3 Å². The maximum atomic E-state index is 14.8. The molecular formula is C37H52N6O5S. The van der Waals surface area contributed by atoms with Crippen molar-refractivity contribution in [3.05, 3.63) is 53.1 Å². The lowest BCUT2D eigenvalue weighted by molar-refractivity contribution is -0.140. The van der Waals surface area contributed by atoms with Gasteiger partial charge in [-0.25, -0.2) is 4.72 Å². The molecule has 2 amide bonds. The summed E-state index contributed by atoms with van der Waals surface area (Å²) in [6.07, 6.45) is 5.66. The molecule has 0 spiro atoms. The molecule has 6 rings (SSSR count). The number of ether oxygens (including phenoxy) is 1. The van der Waals surface area contributed by atoms with Gasteiger partial charge < -0.3 is 19.1 Å². The predicted octanol–water partition coefficient (Wildman–Crippen LogP) is 4.34. The number of amides is 2. The summed E-state index contributed by atoms with van der Waals surface area (Å²) in [7, 11) is 8.30. The standard InChI is InChI=1S/C37H52N6O5S/c1-24(20-39(2)3)42-21-31-30-19-27(48-8)15-17-28(30)34-33(25-12-10-9-11-13-25)29-16-14-26(35(44)38-49(46,47)41(6)7)18-32(29)43(34)23-37(31,22-42)36(45)40(4)5/h14-19,24-25,31H,9-13,20-23H2,1-8H3,(H,38,44). The first kappa shape index (κ1) is 35.4. The van der Waals surface area contributed by atoms with Gasteiger partial charge in [0, 0.05) is 88.4 Å². The molecule has 1 aliphatic carbocycles. The number of fused-ring (bicyclic) bond motifs is 7. The van der Waals surface area contributed by atoms with Crippen LogP contribution in [0.3, 0.4) is 0 Å². The summed E-state index contributed by atoms with van der Waals surface area (Å²) in [5, 5.41) is 1.05. The molecule has 12 heteroatoms. The van der Waals surface area contributed by atoms with Crippen LogP contribution in [-0.2, 0) is 21.5 Å². The molecule has 0 bridgehead atoms. The summed E-state index contributed by atoms with van der Waals surface area (Å²) >= 11 is 0. The number of nitrogens with zero attached hydrogens (tertiary/aromatic N) is 5. The first-order valence-corrected chi connectivity index (χ1v) is 18.8. The van der Waals surface area contributed by atoms with Gasteiger partial charge in [0.1, 0.15) is 5.75 Å². The Morgan fingerprint density at radius 2 is 1.71 bits per heavy atom. The summed E-state index contributed by atoms with van der Waals surface area (Å²) < 4.78 is 36.6. The minimum atomic E-state index is -3.99. The van der Waals surface area contributed by atoms with E-state index in [9.17, 15) is 18.0 Å². The zero-order valence-electron chi connectivity index (χ0n) is 30.2. The minimum Gasteiger partial charge on any atom is -0.497 e. The van der Waals surface area contributed by atoms with Crippen LogP contribution in [0, 0.1) is 5.41 Å². The molecule has 1 N–H and O–H groups in total.